The van der Waals surface area contributed by atoms with Gasteiger partial charge in [-0.15, -0.1) is 0 Å². The van der Waals surface area contributed by atoms with Crippen molar-refractivity contribution in [1.82, 2.24) is 4.98 Å². The normalized spacial score (nSPS) is 10.8. The van der Waals surface area contributed by atoms with Gasteiger partial charge in [-0.25, -0.2) is 4.98 Å². The number of rotatable bonds is 2. The number of aromatic nitrogens is 1. The molecule has 0 aliphatic heterocycles. The molecule has 0 bridgehead atoms. The minimum atomic E-state index is 0.566. The molecule has 0 fully saturated rings. The van der Waals surface area contributed by atoms with E-state index in [-0.39, 0.29) is 0 Å². The molecular formula is C12H20N2. The number of hydrogen-bond donors (Lipinski definition) is 0. The minimum absolute atomic E-state index is 0.566. The van der Waals surface area contributed by atoms with Crippen LogP contribution in [0.15, 0.2) is 6.20 Å². The van der Waals surface area contributed by atoms with Crippen LogP contribution in [0, 0.1) is 13.8 Å². The molecule has 1 heterocycles. The molecule has 0 unspecified atom stereocenters. The van der Waals surface area contributed by atoms with Crippen LogP contribution >= 0.6 is 0 Å². The quantitative estimate of drug-likeness (QED) is 0.716. The van der Waals surface area contributed by atoms with E-state index in [4.69, 9.17) is 0 Å². The summed E-state index contributed by atoms with van der Waals surface area (Å²) in [4.78, 5) is 6.52. The maximum absolute atomic E-state index is 4.45. The van der Waals surface area contributed by atoms with Gasteiger partial charge >= 0.3 is 0 Å². The van der Waals surface area contributed by atoms with Gasteiger partial charge in [-0.3, -0.25) is 0 Å². The van der Waals surface area contributed by atoms with Gasteiger partial charge < -0.3 is 4.90 Å². The Morgan fingerprint density at radius 2 is 1.79 bits per heavy atom. The van der Waals surface area contributed by atoms with E-state index in [0.717, 1.165) is 5.82 Å². The molecular weight excluding hydrogens is 172 g/mol. The number of anilines is 1. The van der Waals surface area contributed by atoms with Crippen molar-refractivity contribution in [3.8, 4) is 0 Å². The van der Waals surface area contributed by atoms with Crippen LogP contribution in [0.2, 0.25) is 0 Å². The van der Waals surface area contributed by atoms with E-state index in [9.17, 15) is 0 Å². The summed E-state index contributed by atoms with van der Waals surface area (Å²) >= 11 is 0. The van der Waals surface area contributed by atoms with E-state index in [0.29, 0.717) is 5.92 Å². The van der Waals surface area contributed by atoms with Crippen LogP contribution in [-0.2, 0) is 0 Å². The lowest BCUT2D eigenvalue weighted by Crippen LogP contribution is -2.14. The fourth-order valence-corrected chi connectivity index (χ4v) is 2.08. The summed E-state index contributed by atoms with van der Waals surface area (Å²) in [6, 6.07) is 0. The monoisotopic (exact) mass is 192 g/mol. The second-order valence-corrected chi connectivity index (χ2v) is 4.35. The molecule has 0 saturated carbocycles. The van der Waals surface area contributed by atoms with Crippen LogP contribution in [0.1, 0.15) is 36.5 Å². The van der Waals surface area contributed by atoms with E-state index in [1.165, 1.54) is 16.7 Å². The highest BCUT2D eigenvalue weighted by atomic mass is 15.1. The van der Waals surface area contributed by atoms with Crippen molar-refractivity contribution in [3.63, 3.8) is 0 Å². The van der Waals surface area contributed by atoms with Gasteiger partial charge in [0.1, 0.15) is 5.82 Å². The highest BCUT2D eigenvalue weighted by Crippen LogP contribution is 2.27. The molecule has 0 N–H and O–H groups in total. The Bertz CT molecular complexity index is 327. The van der Waals surface area contributed by atoms with Crippen LogP contribution in [0.5, 0.6) is 0 Å². The molecule has 1 aromatic rings. The number of aryl methyl sites for hydroxylation is 1. The lowest BCUT2D eigenvalue weighted by molar-refractivity contribution is 0.836. The topological polar surface area (TPSA) is 16.1 Å². The molecule has 14 heavy (non-hydrogen) atoms. The molecule has 0 atom stereocenters. The summed E-state index contributed by atoms with van der Waals surface area (Å²) in [5.41, 5.74) is 4.04. The third kappa shape index (κ3) is 1.89. The summed E-state index contributed by atoms with van der Waals surface area (Å²) in [6.07, 6.45) is 1.97. The van der Waals surface area contributed by atoms with Crippen LogP contribution < -0.4 is 4.90 Å². The first-order chi connectivity index (χ1) is 6.45. The molecule has 2 nitrogen and oxygen atoms in total. The Labute approximate surface area is 87.0 Å². The standard InChI is InChI=1S/C12H20N2/c1-8(2)11-9(3)7-13-12(10(11)4)14(5)6/h7-8H,1-6H3. The van der Waals surface area contributed by atoms with Crippen molar-refractivity contribution in [2.24, 2.45) is 0 Å². The van der Waals surface area contributed by atoms with Crippen molar-refractivity contribution in [2.75, 3.05) is 19.0 Å². The molecule has 0 aliphatic carbocycles. The zero-order chi connectivity index (χ0) is 10.9. The van der Waals surface area contributed by atoms with Crippen molar-refractivity contribution >= 4 is 5.82 Å². The van der Waals surface area contributed by atoms with Crippen LogP contribution in [-0.4, -0.2) is 19.1 Å². The van der Waals surface area contributed by atoms with E-state index in [1.54, 1.807) is 0 Å². The molecule has 0 saturated heterocycles. The number of hydrogen-bond acceptors (Lipinski definition) is 2. The van der Waals surface area contributed by atoms with Crippen molar-refractivity contribution < 1.29 is 0 Å². The predicted molar refractivity (Wildman–Crippen MR) is 62.1 cm³/mol. The summed E-state index contributed by atoms with van der Waals surface area (Å²) in [5, 5.41) is 0. The molecule has 1 rings (SSSR count). The van der Waals surface area contributed by atoms with Crippen molar-refractivity contribution in [2.45, 2.75) is 33.6 Å². The van der Waals surface area contributed by atoms with Crippen molar-refractivity contribution in [3.05, 3.63) is 22.9 Å². The van der Waals surface area contributed by atoms with E-state index in [1.807, 2.05) is 20.3 Å². The molecule has 1 aromatic heterocycles. The molecule has 0 spiro atoms. The van der Waals surface area contributed by atoms with Gasteiger partial charge in [0.25, 0.3) is 0 Å². The second-order valence-electron chi connectivity index (χ2n) is 4.35. The van der Waals surface area contributed by atoms with Gasteiger partial charge in [0.15, 0.2) is 0 Å². The van der Waals surface area contributed by atoms with Gasteiger partial charge in [0.2, 0.25) is 0 Å². The first kappa shape index (κ1) is 11.0. The van der Waals surface area contributed by atoms with Crippen LogP contribution in [0.3, 0.4) is 0 Å². The summed E-state index contributed by atoms with van der Waals surface area (Å²) in [5.74, 6) is 1.65. The molecule has 0 aromatic carbocycles. The third-order valence-corrected chi connectivity index (χ3v) is 2.55. The molecule has 78 valence electrons. The Kier molecular flexibility index (Phi) is 3.14. The average molecular weight is 192 g/mol. The largest absolute Gasteiger partial charge is 0.363 e. The Balaban J connectivity index is 3.34. The maximum atomic E-state index is 4.45. The summed E-state index contributed by atoms with van der Waals surface area (Å²) in [7, 11) is 4.07. The molecule has 0 radical (unpaired) electrons. The van der Waals surface area contributed by atoms with E-state index in [2.05, 4.69) is 37.6 Å². The van der Waals surface area contributed by atoms with E-state index < -0.39 is 0 Å². The first-order valence-corrected chi connectivity index (χ1v) is 5.08. The molecule has 0 amide bonds. The SMILES string of the molecule is Cc1cnc(N(C)C)c(C)c1C(C)C. The lowest BCUT2D eigenvalue weighted by atomic mass is 9.95. The van der Waals surface area contributed by atoms with Crippen LogP contribution in [0.4, 0.5) is 5.82 Å². The fourth-order valence-electron chi connectivity index (χ4n) is 2.08. The van der Waals surface area contributed by atoms with Crippen LogP contribution in [0.25, 0.3) is 0 Å². The predicted octanol–water partition coefficient (Wildman–Crippen LogP) is 2.89. The number of pyridine rings is 1. The minimum Gasteiger partial charge on any atom is -0.363 e. The summed E-state index contributed by atoms with van der Waals surface area (Å²) < 4.78 is 0. The number of nitrogens with zero attached hydrogens (tertiary/aromatic N) is 2. The Morgan fingerprint density at radius 3 is 2.21 bits per heavy atom. The average Bonchev–Trinajstić information content (AvgIpc) is 2.02. The molecule has 0 aliphatic rings. The zero-order valence-corrected chi connectivity index (χ0v) is 10.0. The Hall–Kier alpha value is -1.05. The third-order valence-electron chi connectivity index (χ3n) is 2.55. The fraction of sp³-hybridized carbons (Fsp3) is 0.583. The van der Waals surface area contributed by atoms with Gasteiger partial charge in [0.05, 0.1) is 0 Å². The zero-order valence-electron chi connectivity index (χ0n) is 10.0. The lowest BCUT2D eigenvalue weighted by Gasteiger charge is -2.20. The van der Waals surface area contributed by atoms with Crippen molar-refractivity contribution in [1.29, 1.82) is 0 Å². The summed E-state index contributed by atoms with van der Waals surface area (Å²) in [6.45, 7) is 8.75. The van der Waals surface area contributed by atoms with Gasteiger partial charge in [-0.1, -0.05) is 13.8 Å². The Morgan fingerprint density at radius 1 is 1.21 bits per heavy atom. The van der Waals surface area contributed by atoms with E-state index >= 15 is 0 Å². The highest BCUT2D eigenvalue weighted by molar-refractivity contribution is 5.52. The van der Waals surface area contributed by atoms with Gasteiger partial charge in [-0.2, -0.15) is 0 Å². The highest BCUT2D eigenvalue weighted by Gasteiger charge is 2.12. The smallest absolute Gasteiger partial charge is 0.131 e. The van der Waals surface area contributed by atoms with Gasteiger partial charge in [-0.05, 0) is 36.5 Å². The first-order valence-electron chi connectivity index (χ1n) is 5.08. The van der Waals surface area contributed by atoms with Gasteiger partial charge in [0, 0.05) is 20.3 Å². The second kappa shape index (κ2) is 3.99. The maximum Gasteiger partial charge on any atom is 0.131 e. The molecule has 2 heteroatoms.